The molecular weight excluding hydrogens is 346 g/mol. The van der Waals surface area contributed by atoms with Crippen LogP contribution in [0.2, 0.25) is 0 Å². The second kappa shape index (κ2) is 8.61. The molecule has 0 saturated carbocycles. The van der Waals surface area contributed by atoms with Gasteiger partial charge in [-0.3, -0.25) is 9.59 Å². The molecule has 0 aliphatic heterocycles. The Labute approximate surface area is 148 Å². The topological polar surface area (TPSA) is 90.6 Å². The van der Waals surface area contributed by atoms with Gasteiger partial charge < -0.3 is 20.5 Å². The molecule has 26 heavy (non-hydrogen) atoms. The summed E-state index contributed by atoms with van der Waals surface area (Å²) in [4.78, 5) is 23.1. The minimum absolute atomic E-state index is 0.104. The fourth-order valence-electron chi connectivity index (χ4n) is 2.09. The molecule has 0 spiro atoms. The lowest BCUT2D eigenvalue weighted by Gasteiger charge is -2.10. The van der Waals surface area contributed by atoms with Crippen molar-refractivity contribution in [3.05, 3.63) is 59.7 Å². The normalized spacial score (nSPS) is 10.8. The fourth-order valence-corrected chi connectivity index (χ4v) is 2.09. The van der Waals surface area contributed by atoms with Crippen LogP contribution >= 0.6 is 0 Å². The molecule has 2 aromatic carbocycles. The Bertz CT molecular complexity index is 838. The predicted molar refractivity (Wildman–Crippen MR) is 92.2 cm³/mol. The van der Waals surface area contributed by atoms with E-state index in [9.17, 15) is 18.4 Å². The van der Waals surface area contributed by atoms with Crippen molar-refractivity contribution in [2.75, 3.05) is 12.4 Å². The lowest BCUT2D eigenvalue weighted by Crippen LogP contribution is -2.12. The molecule has 0 radical (unpaired) electrons. The molecule has 8 heteroatoms. The monoisotopic (exact) mass is 362 g/mol. The molecule has 0 heterocycles. The number of ether oxygens (including phenoxy) is 2. The van der Waals surface area contributed by atoms with Crippen molar-refractivity contribution in [2.45, 2.75) is 6.61 Å². The van der Waals surface area contributed by atoms with E-state index in [0.717, 1.165) is 0 Å². The van der Waals surface area contributed by atoms with Gasteiger partial charge in [-0.2, -0.15) is 8.78 Å². The Balaban J connectivity index is 2.08. The van der Waals surface area contributed by atoms with Crippen molar-refractivity contribution in [3.8, 4) is 11.5 Å². The largest absolute Gasteiger partial charge is 0.493 e. The SMILES string of the molecule is COc1cc(/C=C/C(=O)Nc2cccc(C(N)=O)c2)ccc1OC(F)F. The van der Waals surface area contributed by atoms with Crippen LogP contribution in [0.15, 0.2) is 48.5 Å². The summed E-state index contributed by atoms with van der Waals surface area (Å²) in [5.41, 5.74) is 6.41. The highest BCUT2D eigenvalue weighted by Crippen LogP contribution is 2.29. The summed E-state index contributed by atoms with van der Waals surface area (Å²) in [7, 11) is 1.32. The number of anilines is 1. The Morgan fingerprint density at radius 2 is 1.92 bits per heavy atom. The van der Waals surface area contributed by atoms with E-state index in [2.05, 4.69) is 10.1 Å². The van der Waals surface area contributed by atoms with E-state index in [4.69, 9.17) is 10.5 Å². The number of nitrogens with one attached hydrogen (secondary N) is 1. The molecule has 2 amide bonds. The number of alkyl halides is 2. The zero-order valence-corrected chi connectivity index (χ0v) is 13.7. The summed E-state index contributed by atoms with van der Waals surface area (Å²) in [5, 5.41) is 2.58. The van der Waals surface area contributed by atoms with Crippen LogP contribution in [0, 0.1) is 0 Å². The van der Waals surface area contributed by atoms with Crippen LogP contribution in [0.25, 0.3) is 6.08 Å². The smallest absolute Gasteiger partial charge is 0.387 e. The van der Waals surface area contributed by atoms with E-state index in [0.29, 0.717) is 11.3 Å². The highest BCUT2D eigenvalue weighted by atomic mass is 19.3. The van der Waals surface area contributed by atoms with Crippen LogP contribution in [0.5, 0.6) is 11.5 Å². The predicted octanol–water partition coefficient (Wildman–Crippen LogP) is 3.05. The van der Waals surface area contributed by atoms with Gasteiger partial charge >= 0.3 is 6.61 Å². The van der Waals surface area contributed by atoms with Crippen LogP contribution < -0.4 is 20.5 Å². The van der Waals surface area contributed by atoms with E-state index in [1.165, 1.54) is 49.6 Å². The van der Waals surface area contributed by atoms with Crippen LogP contribution in [0.1, 0.15) is 15.9 Å². The van der Waals surface area contributed by atoms with E-state index < -0.39 is 18.4 Å². The molecule has 3 N–H and O–H groups in total. The van der Waals surface area contributed by atoms with Gasteiger partial charge in [-0.1, -0.05) is 12.1 Å². The van der Waals surface area contributed by atoms with Gasteiger partial charge in [0.15, 0.2) is 11.5 Å². The minimum atomic E-state index is -2.97. The Hall–Kier alpha value is -3.42. The molecule has 0 bridgehead atoms. The van der Waals surface area contributed by atoms with E-state index in [1.807, 2.05) is 0 Å². The first kappa shape index (κ1) is 18.9. The zero-order chi connectivity index (χ0) is 19.1. The van der Waals surface area contributed by atoms with Gasteiger partial charge in [0.05, 0.1) is 7.11 Å². The van der Waals surface area contributed by atoms with E-state index in [1.54, 1.807) is 12.1 Å². The average Bonchev–Trinajstić information content (AvgIpc) is 2.60. The molecule has 0 unspecified atom stereocenters. The van der Waals surface area contributed by atoms with Crippen molar-refractivity contribution < 1.29 is 27.8 Å². The second-order valence-electron chi connectivity index (χ2n) is 5.06. The number of halogens is 2. The number of carbonyl (C=O) groups is 2. The van der Waals surface area contributed by atoms with Crippen LogP contribution in [-0.2, 0) is 4.79 Å². The minimum Gasteiger partial charge on any atom is -0.493 e. The van der Waals surface area contributed by atoms with Crippen molar-refractivity contribution >= 4 is 23.6 Å². The summed E-state index contributed by atoms with van der Waals surface area (Å²) < 4.78 is 33.9. The van der Waals surface area contributed by atoms with Crippen LogP contribution in [0.4, 0.5) is 14.5 Å². The number of rotatable bonds is 7. The first-order chi connectivity index (χ1) is 12.4. The van der Waals surface area contributed by atoms with Gasteiger partial charge in [0.2, 0.25) is 11.8 Å². The maximum atomic E-state index is 12.3. The summed E-state index contributed by atoms with van der Waals surface area (Å²) >= 11 is 0. The summed E-state index contributed by atoms with van der Waals surface area (Å²) in [6.45, 7) is -2.97. The van der Waals surface area contributed by atoms with Gasteiger partial charge in [-0.25, -0.2) is 0 Å². The van der Waals surface area contributed by atoms with Crippen LogP contribution in [-0.4, -0.2) is 25.5 Å². The summed E-state index contributed by atoms with van der Waals surface area (Å²) in [6, 6.07) is 10.5. The van der Waals surface area contributed by atoms with Gasteiger partial charge in [0.1, 0.15) is 0 Å². The second-order valence-corrected chi connectivity index (χ2v) is 5.06. The number of hydrogen-bond donors (Lipinski definition) is 2. The molecule has 0 aliphatic rings. The maximum absolute atomic E-state index is 12.3. The molecule has 2 rings (SSSR count). The standard InChI is InChI=1S/C18H16F2N2O4/c1-25-15-9-11(5-7-14(15)26-18(19)20)6-8-16(23)22-13-4-2-3-12(10-13)17(21)24/h2-10,18H,1H3,(H2,21,24)(H,22,23)/b8-6+. The van der Waals surface area contributed by atoms with Crippen molar-refractivity contribution in [2.24, 2.45) is 5.73 Å². The first-order valence-corrected chi connectivity index (χ1v) is 7.41. The molecule has 0 aliphatic carbocycles. The Morgan fingerprint density at radius 1 is 1.15 bits per heavy atom. The quantitative estimate of drug-likeness (QED) is 0.741. The highest BCUT2D eigenvalue weighted by Gasteiger charge is 2.10. The fraction of sp³-hybridized carbons (Fsp3) is 0.111. The highest BCUT2D eigenvalue weighted by molar-refractivity contribution is 6.03. The van der Waals surface area contributed by atoms with Gasteiger partial charge in [-0.15, -0.1) is 0 Å². The third-order valence-corrected chi connectivity index (χ3v) is 3.25. The number of benzene rings is 2. The molecule has 136 valence electrons. The first-order valence-electron chi connectivity index (χ1n) is 7.41. The molecular formula is C18H16F2N2O4. The lowest BCUT2D eigenvalue weighted by atomic mass is 10.1. The van der Waals surface area contributed by atoms with Crippen molar-refractivity contribution in [3.63, 3.8) is 0 Å². The number of carbonyl (C=O) groups excluding carboxylic acids is 2. The zero-order valence-electron chi connectivity index (χ0n) is 13.7. The van der Waals surface area contributed by atoms with Crippen LogP contribution in [0.3, 0.4) is 0 Å². The molecule has 6 nitrogen and oxygen atoms in total. The van der Waals surface area contributed by atoms with Gasteiger partial charge in [0, 0.05) is 17.3 Å². The number of methoxy groups -OCH3 is 1. The third kappa shape index (κ3) is 5.30. The molecule has 2 aromatic rings. The Morgan fingerprint density at radius 3 is 2.58 bits per heavy atom. The molecule has 0 saturated heterocycles. The maximum Gasteiger partial charge on any atom is 0.387 e. The number of primary amides is 1. The molecule has 0 aromatic heterocycles. The molecule has 0 fully saturated rings. The van der Waals surface area contributed by atoms with Gasteiger partial charge in [0.25, 0.3) is 0 Å². The molecule has 0 atom stereocenters. The lowest BCUT2D eigenvalue weighted by molar-refractivity contribution is -0.111. The number of amides is 2. The average molecular weight is 362 g/mol. The number of nitrogens with two attached hydrogens (primary N) is 1. The van der Waals surface area contributed by atoms with Crippen molar-refractivity contribution in [1.29, 1.82) is 0 Å². The third-order valence-electron chi connectivity index (χ3n) is 3.25. The van der Waals surface area contributed by atoms with Crippen molar-refractivity contribution in [1.82, 2.24) is 0 Å². The van der Waals surface area contributed by atoms with Gasteiger partial charge in [-0.05, 0) is 42.0 Å². The number of hydrogen-bond acceptors (Lipinski definition) is 4. The Kier molecular flexibility index (Phi) is 6.26. The summed E-state index contributed by atoms with van der Waals surface area (Å²) in [6.07, 6.45) is 2.72. The van der Waals surface area contributed by atoms with E-state index >= 15 is 0 Å². The van der Waals surface area contributed by atoms with E-state index in [-0.39, 0.29) is 17.1 Å². The summed E-state index contributed by atoms with van der Waals surface area (Å²) in [5.74, 6) is -1.04.